The van der Waals surface area contributed by atoms with Crippen LogP contribution in [0, 0.1) is 0 Å². The summed E-state index contributed by atoms with van der Waals surface area (Å²) in [5.74, 6) is -0.205. The van der Waals surface area contributed by atoms with Crippen LogP contribution in [0.5, 0.6) is 5.75 Å². The number of ether oxygens (including phenoxy) is 1. The first-order valence-electron chi connectivity index (χ1n) is 9.65. The van der Waals surface area contributed by atoms with Crippen molar-refractivity contribution in [3.63, 3.8) is 0 Å². The minimum Gasteiger partial charge on any atom is -0.508 e. The van der Waals surface area contributed by atoms with Gasteiger partial charge in [-0.2, -0.15) is 0 Å². The number of allylic oxidation sites excluding steroid dienone is 1. The van der Waals surface area contributed by atoms with Crippen molar-refractivity contribution in [2.75, 3.05) is 0 Å². The summed E-state index contributed by atoms with van der Waals surface area (Å²) in [4.78, 5) is 18.0. The average Bonchev–Trinajstić information content (AvgIpc) is 3.37. The molecular weight excluding hydrogens is 434 g/mol. The molecule has 31 heavy (non-hydrogen) atoms. The van der Waals surface area contributed by atoms with E-state index >= 15 is 0 Å². The molecule has 4 aromatic rings. The summed E-state index contributed by atoms with van der Waals surface area (Å²) in [6.07, 6.45) is 3.51. The molecule has 2 aromatic carbocycles. The van der Waals surface area contributed by atoms with Crippen molar-refractivity contribution in [2.24, 2.45) is 0 Å². The van der Waals surface area contributed by atoms with Gasteiger partial charge in [0.25, 0.3) is 0 Å². The molecule has 1 N–H and O–H groups in total. The fourth-order valence-electron chi connectivity index (χ4n) is 3.77. The maximum Gasteiger partial charge on any atom is 0.339 e. The molecule has 0 unspecified atom stereocenters. The summed E-state index contributed by atoms with van der Waals surface area (Å²) in [7, 11) is 0. The van der Waals surface area contributed by atoms with E-state index in [1.165, 1.54) is 0 Å². The quantitative estimate of drug-likeness (QED) is 0.426. The molecule has 6 nitrogen and oxygen atoms in total. The van der Waals surface area contributed by atoms with Crippen molar-refractivity contribution < 1.29 is 14.6 Å². The van der Waals surface area contributed by atoms with Crippen molar-refractivity contribution in [1.29, 1.82) is 0 Å². The van der Waals surface area contributed by atoms with Crippen LogP contribution in [0.25, 0.3) is 22.6 Å². The molecule has 0 spiro atoms. The largest absolute Gasteiger partial charge is 0.508 e. The van der Waals surface area contributed by atoms with Gasteiger partial charge in [0.1, 0.15) is 22.4 Å². The number of hydrogen-bond acceptors (Lipinski definition) is 7. The van der Waals surface area contributed by atoms with Gasteiger partial charge in [-0.05, 0) is 53.8 Å². The van der Waals surface area contributed by atoms with Crippen LogP contribution < -0.4 is 0 Å². The summed E-state index contributed by atoms with van der Waals surface area (Å²) in [5.41, 5.74) is 5.43. The lowest BCUT2D eigenvalue weighted by atomic mass is 10.0. The molecule has 1 aliphatic rings. The molecule has 0 aliphatic heterocycles. The number of halogens is 1. The summed E-state index contributed by atoms with van der Waals surface area (Å²) >= 11 is 7.09. The Bertz CT molecular complexity index is 1330. The lowest BCUT2D eigenvalue weighted by Crippen LogP contribution is -2.11. The summed E-state index contributed by atoms with van der Waals surface area (Å²) in [5, 5.41) is 14.2. The number of hydrogen-bond donors (Lipinski definition) is 1. The Labute approximate surface area is 187 Å². The molecule has 0 bridgehead atoms. The van der Waals surface area contributed by atoms with Crippen LogP contribution >= 0.6 is 23.1 Å². The second-order valence-electron chi connectivity index (χ2n) is 7.16. The lowest BCUT2D eigenvalue weighted by Gasteiger charge is -2.12. The highest BCUT2D eigenvalue weighted by atomic mass is 35.5. The number of phenols is 1. The Morgan fingerprint density at radius 2 is 1.97 bits per heavy atom. The minimum absolute atomic E-state index is 0.0319. The number of fused-ring (bicyclic) bond motifs is 2. The van der Waals surface area contributed by atoms with Crippen LogP contribution in [0.2, 0.25) is 4.34 Å². The van der Waals surface area contributed by atoms with Crippen molar-refractivity contribution in [2.45, 2.75) is 19.4 Å². The maximum absolute atomic E-state index is 13.1. The van der Waals surface area contributed by atoms with Gasteiger partial charge in [0, 0.05) is 16.9 Å². The predicted molar refractivity (Wildman–Crippen MR) is 120 cm³/mol. The van der Waals surface area contributed by atoms with Gasteiger partial charge in [-0.1, -0.05) is 46.4 Å². The molecule has 0 radical (unpaired) electrons. The summed E-state index contributed by atoms with van der Waals surface area (Å²) in [6.45, 7) is -0.0319. The number of rotatable bonds is 4. The van der Waals surface area contributed by atoms with Gasteiger partial charge in [-0.15, -0.1) is 5.10 Å². The van der Waals surface area contributed by atoms with E-state index < -0.39 is 5.97 Å². The Balaban J connectivity index is 1.56. The van der Waals surface area contributed by atoms with Gasteiger partial charge in [0.05, 0.1) is 16.8 Å². The van der Waals surface area contributed by atoms with Crippen molar-refractivity contribution in [1.82, 2.24) is 14.6 Å². The van der Waals surface area contributed by atoms with E-state index in [1.807, 2.05) is 42.5 Å². The number of carbonyl (C=O) groups is 1. The van der Waals surface area contributed by atoms with Crippen LogP contribution in [0.15, 0.2) is 48.5 Å². The molecule has 0 fully saturated rings. The molecule has 5 rings (SSSR count). The molecule has 0 saturated carbocycles. The Hall–Kier alpha value is -3.29. The Morgan fingerprint density at radius 1 is 1.16 bits per heavy atom. The molecule has 0 amide bonds. The smallest absolute Gasteiger partial charge is 0.339 e. The second kappa shape index (κ2) is 8.09. The fourth-order valence-corrected chi connectivity index (χ4v) is 4.37. The number of benzene rings is 2. The highest BCUT2D eigenvalue weighted by molar-refractivity contribution is 7.10. The molecule has 0 saturated heterocycles. The van der Waals surface area contributed by atoms with E-state index in [0.717, 1.165) is 51.3 Å². The summed E-state index contributed by atoms with van der Waals surface area (Å²) in [6, 6.07) is 14.6. The zero-order chi connectivity index (χ0) is 21.4. The SMILES string of the molecule is O=C(OCc1nnsc1Cl)c1c2c(nc3ccccc13)/C(=C/c1ccc(O)cc1)CC2. The normalized spacial score (nSPS) is 14.2. The van der Waals surface area contributed by atoms with Crippen LogP contribution in [-0.4, -0.2) is 25.6 Å². The minimum atomic E-state index is -0.426. The molecular formula is C23H16ClN3O3S. The standard InChI is InChI=1S/C23H16ClN3O3S/c24-22-19(26-27-31-22)12-30-23(29)20-16-3-1-2-4-18(16)25-21-14(7-10-17(20)21)11-13-5-8-15(28)9-6-13/h1-6,8-9,11,28H,7,10,12H2/b14-11+. The molecule has 8 heteroatoms. The zero-order valence-electron chi connectivity index (χ0n) is 16.2. The monoisotopic (exact) mass is 449 g/mol. The van der Waals surface area contributed by atoms with Gasteiger partial charge in [-0.25, -0.2) is 9.78 Å². The number of esters is 1. The van der Waals surface area contributed by atoms with Gasteiger partial charge in [0.15, 0.2) is 0 Å². The zero-order valence-corrected chi connectivity index (χ0v) is 17.8. The highest BCUT2D eigenvalue weighted by Crippen LogP contribution is 2.38. The van der Waals surface area contributed by atoms with Gasteiger partial charge in [0.2, 0.25) is 0 Å². The van der Waals surface area contributed by atoms with E-state index in [-0.39, 0.29) is 12.4 Å². The highest BCUT2D eigenvalue weighted by Gasteiger charge is 2.28. The Kier molecular flexibility index (Phi) is 5.13. The third-order valence-electron chi connectivity index (χ3n) is 5.23. The molecule has 2 aromatic heterocycles. The van der Waals surface area contributed by atoms with Crippen LogP contribution in [0.4, 0.5) is 0 Å². The van der Waals surface area contributed by atoms with Gasteiger partial charge < -0.3 is 9.84 Å². The second-order valence-corrected chi connectivity index (χ2v) is 8.52. The molecule has 0 atom stereocenters. The van der Waals surface area contributed by atoms with Crippen molar-refractivity contribution in [3.05, 3.63) is 80.9 Å². The van der Waals surface area contributed by atoms with Crippen molar-refractivity contribution in [3.8, 4) is 5.75 Å². The third-order valence-corrected chi connectivity index (χ3v) is 6.21. The van der Waals surface area contributed by atoms with Crippen molar-refractivity contribution >= 4 is 51.7 Å². The van der Waals surface area contributed by atoms with Gasteiger partial charge >= 0.3 is 5.97 Å². The number of pyridine rings is 1. The summed E-state index contributed by atoms with van der Waals surface area (Å²) < 4.78 is 9.74. The maximum atomic E-state index is 13.1. The number of carbonyl (C=O) groups excluding carboxylic acids is 1. The van der Waals surface area contributed by atoms with E-state index in [9.17, 15) is 9.90 Å². The molecule has 154 valence electrons. The van der Waals surface area contributed by atoms with Crippen LogP contribution in [0.3, 0.4) is 0 Å². The van der Waals surface area contributed by atoms with E-state index in [1.54, 1.807) is 12.1 Å². The first kappa shape index (κ1) is 19.7. The predicted octanol–water partition coefficient (Wildman–Crippen LogP) is 5.29. The average molecular weight is 450 g/mol. The van der Waals surface area contributed by atoms with E-state index in [4.69, 9.17) is 21.3 Å². The number of aromatic nitrogens is 3. The number of para-hydroxylation sites is 1. The number of nitrogens with zero attached hydrogens (tertiary/aromatic N) is 3. The third kappa shape index (κ3) is 3.78. The van der Waals surface area contributed by atoms with E-state index in [0.29, 0.717) is 22.0 Å². The fraction of sp³-hybridized carbons (Fsp3) is 0.130. The molecule has 1 aliphatic carbocycles. The Morgan fingerprint density at radius 3 is 2.74 bits per heavy atom. The molecule has 2 heterocycles. The van der Waals surface area contributed by atoms with E-state index in [2.05, 4.69) is 9.59 Å². The first-order valence-corrected chi connectivity index (χ1v) is 10.8. The lowest BCUT2D eigenvalue weighted by molar-refractivity contribution is 0.0469. The van der Waals surface area contributed by atoms with Crippen LogP contribution in [-0.2, 0) is 17.8 Å². The number of phenolic OH excluding ortho intramolecular Hbond substituents is 1. The topological polar surface area (TPSA) is 85.2 Å². The van der Waals surface area contributed by atoms with Gasteiger partial charge in [-0.3, -0.25) is 0 Å². The number of aromatic hydroxyl groups is 1. The first-order chi connectivity index (χ1) is 15.1. The van der Waals surface area contributed by atoms with Crippen LogP contribution in [0.1, 0.15) is 39.3 Å².